The maximum atomic E-state index is 11.7. The number of benzene rings is 1. The van der Waals surface area contributed by atoms with Gasteiger partial charge in [0.2, 0.25) is 5.91 Å². The number of nitrogens with one attached hydrogen (secondary N) is 2. The summed E-state index contributed by atoms with van der Waals surface area (Å²) in [5.74, 6) is 1.76. The normalized spacial score (nSPS) is 10.1. The van der Waals surface area contributed by atoms with Crippen LogP contribution < -0.4 is 15.4 Å². The average molecular weight is 275 g/mol. The Morgan fingerprint density at radius 2 is 2.25 bits per heavy atom. The monoisotopic (exact) mass is 275 g/mol. The van der Waals surface area contributed by atoms with Crippen molar-refractivity contribution in [3.8, 4) is 5.75 Å². The lowest BCUT2D eigenvalue weighted by Gasteiger charge is -2.07. The molecule has 6 nitrogen and oxygen atoms in total. The van der Waals surface area contributed by atoms with E-state index in [0.29, 0.717) is 24.5 Å². The number of carbonyl (C=O) groups excluding carboxylic acids is 1. The Balaban J connectivity index is 1.76. The molecule has 0 saturated heterocycles. The molecule has 20 heavy (non-hydrogen) atoms. The van der Waals surface area contributed by atoms with E-state index in [2.05, 4.69) is 15.8 Å². The van der Waals surface area contributed by atoms with E-state index >= 15 is 0 Å². The van der Waals surface area contributed by atoms with E-state index in [1.165, 1.54) is 0 Å². The molecule has 0 spiro atoms. The van der Waals surface area contributed by atoms with Crippen LogP contribution in [0.4, 0.5) is 11.5 Å². The molecule has 0 aliphatic carbocycles. The van der Waals surface area contributed by atoms with Crippen molar-refractivity contribution < 1.29 is 14.1 Å². The molecule has 1 heterocycles. The van der Waals surface area contributed by atoms with Crippen molar-refractivity contribution in [3.63, 3.8) is 0 Å². The molecule has 1 aromatic carbocycles. The van der Waals surface area contributed by atoms with E-state index < -0.39 is 0 Å². The van der Waals surface area contributed by atoms with Gasteiger partial charge in [-0.25, -0.2) is 0 Å². The number of methoxy groups -OCH3 is 1. The molecule has 0 atom stereocenters. The average Bonchev–Trinajstić information content (AvgIpc) is 2.84. The molecular weight excluding hydrogens is 258 g/mol. The fraction of sp³-hybridized carbons (Fsp3) is 0.286. The summed E-state index contributed by atoms with van der Waals surface area (Å²) in [4.78, 5) is 11.7. The zero-order chi connectivity index (χ0) is 14.4. The molecule has 106 valence electrons. The van der Waals surface area contributed by atoms with Crippen molar-refractivity contribution >= 4 is 17.4 Å². The highest BCUT2D eigenvalue weighted by Gasteiger charge is 2.05. The number of hydrogen-bond acceptors (Lipinski definition) is 5. The molecule has 2 aromatic rings. The first-order valence-corrected chi connectivity index (χ1v) is 6.28. The molecule has 0 radical (unpaired) electrons. The van der Waals surface area contributed by atoms with Gasteiger partial charge in [0.25, 0.3) is 0 Å². The van der Waals surface area contributed by atoms with E-state index in [4.69, 9.17) is 9.26 Å². The third kappa shape index (κ3) is 4.01. The lowest BCUT2D eigenvalue weighted by atomic mass is 10.3. The lowest BCUT2D eigenvalue weighted by molar-refractivity contribution is -0.116. The number of anilines is 2. The molecule has 1 aromatic heterocycles. The quantitative estimate of drug-likeness (QED) is 0.846. The molecule has 0 bridgehead atoms. The van der Waals surface area contributed by atoms with Gasteiger partial charge in [0.15, 0.2) is 5.82 Å². The number of carbonyl (C=O) groups is 1. The minimum atomic E-state index is -0.117. The largest absolute Gasteiger partial charge is 0.497 e. The molecular formula is C14H17N3O3. The summed E-state index contributed by atoms with van der Waals surface area (Å²) in [5.41, 5.74) is 0.912. The summed E-state index contributed by atoms with van der Waals surface area (Å²) < 4.78 is 10.00. The first-order valence-electron chi connectivity index (χ1n) is 6.28. The van der Waals surface area contributed by atoms with E-state index in [1.807, 2.05) is 24.3 Å². The van der Waals surface area contributed by atoms with Gasteiger partial charge in [0, 0.05) is 30.8 Å². The molecule has 1 amide bonds. The Bertz CT molecular complexity index is 581. The fourth-order valence-corrected chi connectivity index (χ4v) is 1.68. The van der Waals surface area contributed by atoms with E-state index in [-0.39, 0.29) is 5.91 Å². The third-order valence-corrected chi connectivity index (χ3v) is 2.65. The summed E-state index contributed by atoms with van der Waals surface area (Å²) in [7, 11) is 1.62. The van der Waals surface area contributed by atoms with Gasteiger partial charge >= 0.3 is 0 Å². The summed E-state index contributed by atoms with van der Waals surface area (Å²) in [5, 5.41) is 9.52. The Morgan fingerprint density at radius 1 is 1.40 bits per heavy atom. The summed E-state index contributed by atoms with van der Waals surface area (Å²) in [6, 6.07) is 9.22. The molecule has 0 aliphatic rings. The van der Waals surface area contributed by atoms with Gasteiger partial charge in [-0.05, 0) is 19.1 Å². The number of nitrogens with zero attached hydrogens (tertiary/aromatic N) is 1. The molecule has 0 saturated carbocycles. The van der Waals surface area contributed by atoms with Crippen LogP contribution in [0.1, 0.15) is 12.2 Å². The van der Waals surface area contributed by atoms with Crippen LogP contribution in [0.2, 0.25) is 0 Å². The van der Waals surface area contributed by atoms with Gasteiger partial charge in [0.1, 0.15) is 11.5 Å². The minimum absolute atomic E-state index is 0.117. The first-order chi connectivity index (χ1) is 9.67. The van der Waals surface area contributed by atoms with Crippen LogP contribution in [0.3, 0.4) is 0 Å². The summed E-state index contributed by atoms with van der Waals surface area (Å²) in [6.07, 6.45) is 0.336. The maximum Gasteiger partial charge on any atom is 0.227 e. The van der Waals surface area contributed by atoms with Gasteiger partial charge in [-0.2, -0.15) is 0 Å². The molecule has 0 unspecified atom stereocenters. The van der Waals surface area contributed by atoms with Gasteiger partial charge < -0.3 is 19.9 Å². The standard InChI is InChI=1S/C14H17N3O3/c1-10-8-13(17-20-10)16-14(18)6-7-15-11-4-3-5-12(9-11)19-2/h3-5,8-9,15H,6-7H2,1-2H3,(H,16,17,18). The van der Waals surface area contributed by atoms with Crippen LogP contribution in [0, 0.1) is 6.92 Å². The summed E-state index contributed by atoms with van der Waals surface area (Å²) >= 11 is 0. The second-order valence-corrected chi connectivity index (χ2v) is 4.28. The van der Waals surface area contributed by atoms with Gasteiger partial charge in [-0.3, -0.25) is 4.79 Å². The molecule has 2 N–H and O–H groups in total. The highest BCUT2D eigenvalue weighted by molar-refractivity contribution is 5.89. The number of aryl methyl sites for hydroxylation is 1. The number of rotatable bonds is 6. The van der Waals surface area contributed by atoms with E-state index in [1.54, 1.807) is 20.1 Å². The predicted octanol–water partition coefficient (Wildman–Crippen LogP) is 2.43. The zero-order valence-corrected chi connectivity index (χ0v) is 11.5. The Morgan fingerprint density at radius 3 is 2.95 bits per heavy atom. The second kappa shape index (κ2) is 6.60. The van der Waals surface area contributed by atoms with Crippen LogP contribution in [-0.4, -0.2) is 24.7 Å². The van der Waals surface area contributed by atoms with Gasteiger partial charge in [0.05, 0.1) is 7.11 Å². The molecule has 6 heteroatoms. The zero-order valence-electron chi connectivity index (χ0n) is 11.5. The predicted molar refractivity (Wildman–Crippen MR) is 76.0 cm³/mol. The highest BCUT2D eigenvalue weighted by atomic mass is 16.5. The second-order valence-electron chi connectivity index (χ2n) is 4.28. The number of hydrogen-bond donors (Lipinski definition) is 2. The van der Waals surface area contributed by atoms with Crippen molar-refractivity contribution in [2.45, 2.75) is 13.3 Å². The Labute approximate surface area is 117 Å². The first kappa shape index (κ1) is 13.9. The Hall–Kier alpha value is -2.50. The lowest BCUT2D eigenvalue weighted by Crippen LogP contribution is -2.16. The van der Waals surface area contributed by atoms with Crippen LogP contribution >= 0.6 is 0 Å². The SMILES string of the molecule is COc1cccc(NCCC(=O)Nc2cc(C)on2)c1. The van der Waals surface area contributed by atoms with Crippen LogP contribution in [0.25, 0.3) is 0 Å². The topological polar surface area (TPSA) is 76.4 Å². The molecule has 0 aliphatic heterocycles. The minimum Gasteiger partial charge on any atom is -0.497 e. The van der Waals surface area contributed by atoms with Crippen molar-refractivity contribution in [2.24, 2.45) is 0 Å². The number of aromatic nitrogens is 1. The van der Waals surface area contributed by atoms with Crippen molar-refractivity contribution in [3.05, 3.63) is 36.1 Å². The van der Waals surface area contributed by atoms with Crippen molar-refractivity contribution in [1.29, 1.82) is 0 Å². The smallest absolute Gasteiger partial charge is 0.227 e. The van der Waals surface area contributed by atoms with Crippen molar-refractivity contribution in [1.82, 2.24) is 5.16 Å². The molecule has 2 rings (SSSR count). The Kier molecular flexibility index (Phi) is 4.60. The van der Waals surface area contributed by atoms with E-state index in [9.17, 15) is 4.79 Å². The van der Waals surface area contributed by atoms with Crippen LogP contribution in [0.15, 0.2) is 34.9 Å². The highest BCUT2D eigenvalue weighted by Crippen LogP contribution is 2.16. The van der Waals surface area contributed by atoms with Crippen molar-refractivity contribution in [2.75, 3.05) is 24.3 Å². The number of ether oxygens (including phenoxy) is 1. The van der Waals surface area contributed by atoms with Crippen LogP contribution in [-0.2, 0) is 4.79 Å². The molecule has 0 fully saturated rings. The van der Waals surface area contributed by atoms with Gasteiger partial charge in [-0.1, -0.05) is 11.2 Å². The maximum absolute atomic E-state index is 11.7. The van der Waals surface area contributed by atoms with Crippen LogP contribution in [0.5, 0.6) is 5.75 Å². The fourth-order valence-electron chi connectivity index (χ4n) is 1.68. The summed E-state index contributed by atoms with van der Waals surface area (Å²) in [6.45, 7) is 2.29. The third-order valence-electron chi connectivity index (χ3n) is 2.65. The number of amides is 1. The van der Waals surface area contributed by atoms with Gasteiger partial charge in [-0.15, -0.1) is 0 Å². The van der Waals surface area contributed by atoms with E-state index in [0.717, 1.165) is 11.4 Å².